The highest BCUT2D eigenvalue weighted by atomic mass is 16.5. The van der Waals surface area contributed by atoms with Gasteiger partial charge < -0.3 is 19.7 Å². The van der Waals surface area contributed by atoms with Crippen LogP contribution in [0.25, 0.3) is 0 Å². The smallest absolute Gasteiger partial charge is 0.339 e. The summed E-state index contributed by atoms with van der Waals surface area (Å²) in [5, 5.41) is 2.73. The first-order chi connectivity index (χ1) is 9.22. The lowest BCUT2D eigenvalue weighted by atomic mass is 10.2. The molecule has 1 heterocycles. The van der Waals surface area contributed by atoms with E-state index < -0.39 is 5.97 Å². The molecule has 1 aromatic rings. The standard InChI is InChI=1S/C13H16N2O4/c1-18-12(16)10-4-2-3-5-11(10)14-13(17)15-6-8-19-9-7-15/h2-5H,6-9H2,1H3,(H,14,17). The maximum atomic E-state index is 12.0. The first-order valence-corrected chi connectivity index (χ1v) is 6.03. The summed E-state index contributed by atoms with van der Waals surface area (Å²) in [6.07, 6.45) is 0. The van der Waals surface area contributed by atoms with E-state index >= 15 is 0 Å². The van der Waals surface area contributed by atoms with Crippen molar-refractivity contribution >= 4 is 17.7 Å². The number of hydrogen-bond acceptors (Lipinski definition) is 4. The molecule has 2 rings (SSSR count). The Labute approximate surface area is 111 Å². The monoisotopic (exact) mass is 264 g/mol. The van der Waals surface area contributed by atoms with Crippen molar-refractivity contribution in [2.75, 3.05) is 38.7 Å². The number of nitrogens with zero attached hydrogens (tertiary/aromatic N) is 1. The van der Waals surface area contributed by atoms with Gasteiger partial charge in [0.25, 0.3) is 0 Å². The molecule has 6 heteroatoms. The highest BCUT2D eigenvalue weighted by Gasteiger charge is 2.19. The molecule has 1 aliphatic heterocycles. The zero-order valence-corrected chi connectivity index (χ0v) is 10.7. The van der Waals surface area contributed by atoms with Gasteiger partial charge in [0.15, 0.2) is 0 Å². The summed E-state index contributed by atoms with van der Waals surface area (Å²) < 4.78 is 9.86. The van der Waals surface area contributed by atoms with E-state index in [0.29, 0.717) is 37.6 Å². The molecule has 1 aromatic carbocycles. The van der Waals surface area contributed by atoms with Gasteiger partial charge in [0.05, 0.1) is 31.6 Å². The van der Waals surface area contributed by atoms with Crippen LogP contribution in [0.15, 0.2) is 24.3 Å². The minimum absolute atomic E-state index is 0.236. The lowest BCUT2D eigenvalue weighted by Crippen LogP contribution is -2.43. The first kappa shape index (κ1) is 13.4. The molecule has 0 bridgehead atoms. The molecule has 1 saturated heterocycles. The van der Waals surface area contributed by atoms with Crippen LogP contribution >= 0.6 is 0 Å². The van der Waals surface area contributed by atoms with Crippen LogP contribution in [0.3, 0.4) is 0 Å². The SMILES string of the molecule is COC(=O)c1ccccc1NC(=O)N1CCOCC1. The largest absolute Gasteiger partial charge is 0.465 e. The minimum atomic E-state index is -0.474. The number of esters is 1. The van der Waals surface area contributed by atoms with Crippen molar-refractivity contribution < 1.29 is 19.1 Å². The lowest BCUT2D eigenvalue weighted by molar-refractivity contribution is 0.0563. The second-order valence-corrected chi connectivity index (χ2v) is 4.07. The Bertz CT molecular complexity index is 469. The molecule has 0 spiro atoms. The summed E-state index contributed by atoms with van der Waals surface area (Å²) in [6, 6.07) is 6.52. The highest BCUT2D eigenvalue weighted by molar-refractivity contribution is 6.00. The number of ether oxygens (including phenoxy) is 2. The van der Waals surface area contributed by atoms with Crippen LogP contribution in [0.1, 0.15) is 10.4 Å². The number of amides is 2. The molecule has 6 nitrogen and oxygen atoms in total. The van der Waals surface area contributed by atoms with Crippen LogP contribution in [0.2, 0.25) is 0 Å². The maximum absolute atomic E-state index is 12.0. The van der Waals surface area contributed by atoms with Crippen molar-refractivity contribution in [3.05, 3.63) is 29.8 Å². The number of rotatable bonds is 2. The molecule has 0 saturated carbocycles. The Balaban J connectivity index is 2.09. The van der Waals surface area contributed by atoms with Crippen LogP contribution in [-0.4, -0.2) is 50.3 Å². The van der Waals surface area contributed by atoms with Crippen LogP contribution in [0, 0.1) is 0 Å². The van der Waals surface area contributed by atoms with E-state index in [0.717, 1.165) is 0 Å². The van der Waals surface area contributed by atoms with Crippen LogP contribution < -0.4 is 5.32 Å². The molecule has 1 aliphatic rings. The van der Waals surface area contributed by atoms with Crippen LogP contribution in [0.5, 0.6) is 0 Å². The number of hydrogen-bond donors (Lipinski definition) is 1. The van der Waals surface area contributed by atoms with E-state index in [1.54, 1.807) is 29.2 Å². The average Bonchev–Trinajstić information content (AvgIpc) is 2.48. The highest BCUT2D eigenvalue weighted by Crippen LogP contribution is 2.16. The number of urea groups is 1. The van der Waals surface area contributed by atoms with E-state index in [2.05, 4.69) is 10.1 Å². The lowest BCUT2D eigenvalue weighted by Gasteiger charge is -2.27. The molecule has 19 heavy (non-hydrogen) atoms. The minimum Gasteiger partial charge on any atom is -0.465 e. The number of benzene rings is 1. The molecule has 1 fully saturated rings. The first-order valence-electron chi connectivity index (χ1n) is 6.03. The Kier molecular flexibility index (Phi) is 4.35. The predicted octanol–water partition coefficient (Wildman–Crippen LogP) is 1.34. The summed E-state index contributed by atoms with van der Waals surface area (Å²) in [6.45, 7) is 2.16. The van der Waals surface area contributed by atoms with Gasteiger partial charge in [-0.3, -0.25) is 0 Å². The second-order valence-electron chi connectivity index (χ2n) is 4.07. The van der Waals surface area contributed by atoms with E-state index in [-0.39, 0.29) is 6.03 Å². The van der Waals surface area contributed by atoms with Crippen molar-refractivity contribution in [2.45, 2.75) is 0 Å². The van der Waals surface area contributed by atoms with Gasteiger partial charge in [0.1, 0.15) is 0 Å². The van der Waals surface area contributed by atoms with Gasteiger partial charge in [-0.15, -0.1) is 0 Å². The molecular weight excluding hydrogens is 248 g/mol. The summed E-state index contributed by atoms with van der Waals surface area (Å²) in [5.41, 5.74) is 0.789. The summed E-state index contributed by atoms with van der Waals surface area (Å²) >= 11 is 0. The third-order valence-electron chi connectivity index (χ3n) is 2.87. The topological polar surface area (TPSA) is 67.9 Å². The van der Waals surface area contributed by atoms with Gasteiger partial charge in [0, 0.05) is 13.1 Å². The molecule has 0 aromatic heterocycles. The number of morpholine rings is 1. The summed E-state index contributed by atoms with van der Waals surface area (Å²) in [7, 11) is 1.31. The van der Waals surface area contributed by atoms with Crippen LogP contribution in [0.4, 0.5) is 10.5 Å². The van der Waals surface area contributed by atoms with Gasteiger partial charge in [0.2, 0.25) is 0 Å². The van der Waals surface area contributed by atoms with E-state index in [9.17, 15) is 9.59 Å². The molecular formula is C13H16N2O4. The number of carbonyl (C=O) groups excluding carboxylic acids is 2. The third kappa shape index (κ3) is 3.23. The van der Waals surface area contributed by atoms with Gasteiger partial charge in [-0.2, -0.15) is 0 Å². The van der Waals surface area contributed by atoms with Crippen molar-refractivity contribution in [3.8, 4) is 0 Å². The molecule has 0 unspecified atom stereocenters. The fourth-order valence-electron chi connectivity index (χ4n) is 1.84. The molecule has 1 N–H and O–H groups in total. The Hall–Kier alpha value is -2.08. The zero-order chi connectivity index (χ0) is 13.7. The quantitative estimate of drug-likeness (QED) is 0.818. The number of anilines is 1. The van der Waals surface area contributed by atoms with E-state index in [4.69, 9.17) is 4.74 Å². The van der Waals surface area contributed by atoms with E-state index in [1.807, 2.05) is 0 Å². The summed E-state index contributed by atoms with van der Waals surface area (Å²) in [4.78, 5) is 25.3. The van der Waals surface area contributed by atoms with Crippen molar-refractivity contribution in [3.63, 3.8) is 0 Å². The Morgan fingerprint density at radius 1 is 1.26 bits per heavy atom. The molecule has 0 aliphatic carbocycles. The number of nitrogens with one attached hydrogen (secondary N) is 1. The van der Waals surface area contributed by atoms with Gasteiger partial charge in [-0.25, -0.2) is 9.59 Å². The van der Waals surface area contributed by atoms with Crippen molar-refractivity contribution in [1.82, 2.24) is 4.90 Å². The third-order valence-corrected chi connectivity index (χ3v) is 2.87. The Morgan fingerprint density at radius 2 is 1.95 bits per heavy atom. The maximum Gasteiger partial charge on any atom is 0.339 e. The molecule has 2 amide bonds. The Morgan fingerprint density at radius 3 is 2.63 bits per heavy atom. The van der Waals surface area contributed by atoms with Gasteiger partial charge in [-0.05, 0) is 12.1 Å². The number of para-hydroxylation sites is 1. The normalized spacial score (nSPS) is 14.9. The number of methoxy groups -OCH3 is 1. The van der Waals surface area contributed by atoms with Gasteiger partial charge in [-0.1, -0.05) is 12.1 Å². The summed E-state index contributed by atoms with van der Waals surface area (Å²) in [5.74, 6) is -0.474. The van der Waals surface area contributed by atoms with Crippen molar-refractivity contribution in [2.24, 2.45) is 0 Å². The van der Waals surface area contributed by atoms with Crippen LogP contribution in [-0.2, 0) is 9.47 Å². The zero-order valence-electron chi connectivity index (χ0n) is 10.7. The van der Waals surface area contributed by atoms with Crippen molar-refractivity contribution in [1.29, 1.82) is 0 Å². The second kappa shape index (κ2) is 6.19. The fraction of sp³-hybridized carbons (Fsp3) is 0.385. The van der Waals surface area contributed by atoms with Gasteiger partial charge >= 0.3 is 12.0 Å². The average molecular weight is 264 g/mol. The number of carbonyl (C=O) groups is 2. The fourth-order valence-corrected chi connectivity index (χ4v) is 1.84. The molecule has 0 radical (unpaired) electrons. The van der Waals surface area contributed by atoms with E-state index in [1.165, 1.54) is 7.11 Å². The molecule has 0 atom stereocenters. The molecule has 102 valence electrons. The predicted molar refractivity (Wildman–Crippen MR) is 69.2 cm³/mol.